The molecule has 0 fully saturated rings. The number of carbonyl (C=O) groups excluding carboxylic acids is 1. The molecule has 0 aliphatic rings. The number of rotatable bonds is 4. The molecule has 1 aromatic heterocycles. The van der Waals surface area contributed by atoms with Crippen molar-refractivity contribution in [2.24, 2.45) is 7.05 Å². The number of aromatic nitrogens is 2. The minimum absolute atomic E-state index is 0.192. The van der Waals surface area contributed by atoms with Crippen molar-refractivity contribution < 1.29 is 4.79 Å². The summed E-state index contributed by atoms with van der Waals surface area (Å²) in [5, 5.41) is 4.90. The molecule has 0 radical (unpaired) electrons. The van der Waals surface area contributed by atoms with Crippen molar-refractivity contribution in [1.29, 1.82) is 0 Å². The molecule has 0 aliphatic carbocycles. The molecule has 0 aliphatic heterocycles. The van der Waals surface area contributed by atoms with E-state index in [-0.39, 0.29) is 5.78 Å². The van der Waals surface area contributed by atoms with Crippen molar-refractivity contribution in [1.82, 2.24) is 9.78 Å². The Hall–Kier alpha value is -0.830. The van der Waals surface area contributed by atoms with Crippen molar-refractivity contribution in [3.8, 4) is 0 Å². The highest BCUT2D eigenvalue weighted by Crippen LogP contribution is 2.21. The first-order valence-electron chi connectivity index (χ1n) is 4.82. The number of halogens is 1. The molecule has 0 saturated carbocycles. The van der Waals surface area contributed by atoms with Crippen molar-refractivity contribution in [2.75, 3.05) is 0 Å². The molecule has 0 saturated heterocycles. The maximum atomic E-state index is 11.3. The van der Waals surface area contributed by atoms with E-state index in [2.05, 4.69) is 5.10 Å². The number of hydrogen-bond donors (Lipinski definition) is 0. The van der Waals surface area contributed by atoms with Crippen LogP contribution in [-0.4, -0.2) is 15.6 Å². The number of aryl methyl sites for hydroxylation is 2. The molecule has 0 aromatic carbocycles. The van der Waals surface area contributed by atoms with Crippen LogP contribution in [-0.2, 0) is 24.7 Å². The summed E-state index contributed by atoms with van der Waals surface area (Å²) in [7, 11) is 1.82. The Labute approximate surface area is 89.1 Å². The molecule has 4 heteroatoms. The zero-order valence-corrected chi connectivity index (χ0v) is 9.56. The normalized spacial score (nSPS) is 10.6. The van der Waals surface area contributed by atoms with E-state index in [1.165, 1.54) is 0 Å². The summed E-state index contributed by atoms with van der Waals surface area (Å²) in [6.45, 7) is 3.85. The fourth-order valence-corrected chi connectivity index (χ4v) is 1.68. The van der Waals surface area contributed by atoms with Crippen LogP contribution in [0, 0.1) is 0 Å². The van der Waals surface area contributed by atoms with Crippen LogP contribution < -0.4 is 0 Å². The molecule has 0 bridgehead atoms. The van der Waals surface area contributed by atoms with Crippen LogP contribution in [0.5, 0.6) is 0 Å². The Kier molecular flexibility index (Phi) is 3.69. The van der Waals surface area contributed by atoms with Crippen molar-refractivity contribution in [3.05, 3.63) is 16.4 Å². The lowest BCUT2D eigenvalue weighted by molar-refractivity contribution is -0.118. The van der Waals surface area contributed by atoms with Gasteiger partial charge in [-0.2, -0.15) is 5.10 Å². The predicted molar refractivity (Wildman–Crippen MR) is 56.6 cm³/mol. The lowest BCUT2D eigenvalue weighted by atomic mass is 10.1. The molecule has 0 N–H and O–H groups in total. The standard InChI is InChI=1S/C10H15ClN2O/c1-4-7(14)6-9-10(11)8(5-2)12-13(9)3/h4-6H2,1-3H3. The average molecular weight is 215 g/mol. The molecule has 0 spiro atoms. The zero-order chi connectivity index (χ0) is 10.7. The van der Waals surface area contributed by atoms with Crippen molar-refractivity contribution in [2.45, 2.75) is 33.1 Å². The van der Waals surface area contributed by atoms with Gasteiger partial charge in [-0.1, -0.05) is 25.4 Å². The van der Waals surface area contributed by atoms with Crippen LogP contribution in [0.4, 0.5) is 0 Å². The molecule has 1 rings (SSSR count). The van der Waals surface area contributed by atoms with Gasteiger partial charge < -0.3 is 0 Å². The molecule has 3 nitrogen and oxygen atoms in total. The molecule has 14 heavy (non-hydrogen) atoms. The Bertz CT molecular complexity index is 344. The van der Waals surface area contributed by atoms with Crippen LogP contribution in [0.2, 0.25) is 5.02 Å². The van der Waals surface area contributed by atoms with Gasteiger partial charge in [-0.05, 0) is 6.42 Å². The third-order valence-electron chi connectivity index (χ3n) is 2.26. The average Bonchev–Trinajstić information content (AvgIpc) is 2.44. The van der Waals surface area contributed by atoms with E-state index in [0.717, 1.165) is 17.8 Å². The van der Waals surface area contributed by atoms with Crippen LogP contribution in [0.1, 0.15) is 31.7 Å². The smallest absolute Gasteiger partial charge is 0.138 e. The predicted octanol–water partition coefficient (Wildman–Crippen LogP) is 2.16. The molecule has 0 unspecified atom stereocenters. The largest absolute Gasteiger partial charge is 0.299 e. The van der Waals surface area contributed by atoms with Gasteiger partial charge in [-0.25, -0.2) is 0 Å². The van der Waals surface area contributed by atoms with Gasteiger partial charge in [-0.15, -0.1) is 0 Å². The minimum Gasteiger partial charge on any atom is -0.299 e. The van der Waals surface area contributed by atoms with Gasteiger partial charge in [0, 0.05) is 19.9 Å². The topological polar surface area (TPSA) is 34.9 Å². The van der Waals surface area contributed by atoms with Crippen molar-refractivity contribution >= 4 is 17.4 Å². The first-order chi connectivity index (χ1) is 6.60. The van der Waals surface area contributed by atoms with E-state index in [9.17, 15) is 4.79 Å². The zero-order valence-electron chi connectivity index (χ0n) is 8.80. The summed E-state index contributed by atoms with van der Waals surface area (Å²) < 4.78 is 1.70. The second-order valence-electron chi connectivity index (χ2n) is 3.25. The number of Topliss-reactive ketones (excluding diaryl/α,β-unsaturated/α-hetero) is 1. The number of carbonyl (C=O) groups is 1. The van der Waals surface area contributed by atoms with Crippen LogP contribution in [0.25, 0.3) is 0 Å². The third-order valence-corrected chi connectivity index (χ3v) is 2.70. The van der Waals surface area contributed by atoms with Gasteiger partial charge >= 0.3 is 0 Å². The SMILES string of the molecule is CCC(=O)Cc1c(Cl)c(CC)nn1C. The second-order valence-corrected chi connectivity index (χ2v) is 3.63. The Morgan fingerprint density at radius 1 is 1.50 bits per heavy atom. The molecular weight excluding hydrogens is 200 g/mol. The first-order valence-corrected chi connectivity index (χ1v) is 5.19. The number of nitrogens with zero attached hydrogens (tertiary/aromatic N) is 2. The maximum Gasteiger partial charge on any atom is 0.138 e. The van der Waals surface area contributed by atoms with Gasteiger partial charge in [0.05, 0.1) is 16.4 Å². The van der Waals surface area contributed by atoms with Crippen LogP contribution >= 0.6 is 11.6 Å². The van der Waals surface area contributed by atoms with E-state index in [1.54, 1.807) is 4.68 Å². The van der Waals surface area contributed by atoms with E-state index in [4.69, 9.17) is 11.6 Å². The highest BCUT2D eigenvalue weighted by molar-refractivity contribution is 6.32. The summed E-state index contributed by atoms with van der Waals surface area (Å²) in [5.41, 5.74) is 1.70. The Balaban J connectivity index is 2.96. The van der Waals surface area contributed by atoms with Gasteiger partial charge in [0.2, 0.25) is 0 Å². The molecule has 1 heterocycles. The summed E-state index contributed by atoms with van der Waals surface area (Å²) in [5.74, 6) is 0.192. The number of ketones is 1. The second kappa shape index (κ2) is 4.60. The van der Waals surface area contributed by atoms with Gasteiger partial charge in [0.1, 0.15) is 5.78 Å². The minimum atomic E-state index is 0.192. The van der Waals surface area contributed by atoms with Gasteiger partial charge in [0.15, 0.2) is 0 Å². The van der Waals surface area contributed by atoms with Crippen LogP contribution in [0.15, 0.2) is 0 Å². The lowest BCUT2D eigenvalue weighted by Gasteiger charge is -1.99. The van der Waals surface area contributed by atoms with E-state index in [0.29, 0.717) is 17.9 Å². The first kappa shape index (κ1) is 11.2. The Morgan fingerprint density at radius 3 is 2.57 bits per heavy atom. The van der Waals surface area contributed by atoms with E-state index in [1.807, 2.05) is 20.9 Å². The Morgan fingerprint density at radius 2 is 2.14 bits per heavy atom. The number of hydrogen-bond acceptors (Lipinski definition) is 2. The van der Waals surface area contributed by atoms with Crippen molar-refractivity contribution in [3.63, 3.8) is 0 Å². The maximum absolute atomic E-state index is 11.3. The summed E-state index contributed by atoms with van der Waals surface area (Å²) in [6, 6.07) is 0. The van der Waals surface area contributed by atoms with Gasteiger partial charge in [0.25, 0.3) is 0 Å². The van der Waals surface area contributed by atoms with E-state index < -0.39 is 0 Å². The van der Waals surface area contributed by atoms with Crippen LogP contribution in [0.3, 0.4) is 0 Å². The molecular formula is C10H15ClN2O. The summed E-state index contributed by atoms with van der Waals surface area (Å²) in [4.78, 5) is 11.3. The summed E-state index contributed by atoms with van der Waals surface area (Å²) >= 11 is 6.10. The van der Waals surface area contributed by atoms with E-state index >= 15 is 0 Å². The monoisotopic (exact) mass is 214 g/mol. The fraction of sp³-hybridized carbons (Fsp3) is 0.600. The summed E-state index contributed by atoms with van der Waals surface area (Å²) in [6.07, 6.45) is 1.73. The highest BCUT2D eigenvalue weighted by Gasteiger charge is 2.14. The lowest BCUT2D eigenvalue weighted by Crippen LogP contribution is -2.06. The molecule has 0 amide bonds. The van der Waals surface area contributed by atoms with Gasteiger partial charge in [-0.3, -0.25) is 9.48 Å². The fourth-order valence-electron chi connectivity index (χ4n) is 1.32. The molecule has 78 valence electrons. The quantitative estimate of drug-likeness (QED) is 0.770. The third kappa shape index (κ3) is 2.15. The molecule has 1 aromatic rings. The highest BCUT2D eigenvalue weighted by atomic mass is 35.5. The molecule has 0 atom stereocenters.